The quantitative estimate of drug-likeness (QED) is 0.241. The number of fused-ring (bicyclic) bond motifs is 1. The molecular weight excluding hydrogens is 629 g/mol. The first-order valence-corrected chi connectivity index (χ1v) is 14.6. The molecule has 0 radical (unpaired) electrons. The van der Waals surface area contributed by atoms with Crippen molar-refractivity contribution in [2.75, 3.05) is 36.0 Å². The van der Waals surface area contributed by atoms with Crippen LogP contribution < -0.4 is 14.5 Å². The van der Waals surface area contributed by atoms with Crippen molar-refractivity contribution < 1.29 is 14.5 Å². The predicted octanol–water partition coefficient (Wildman–Crippen LogP) is 3.61. The molecule has 37 heavy (non-hydrogen) atoms. The van der Waals surface area contributed by atoms with Gasteiger partial charge in [-0.05, 0) is 68.3 Å². The largest absolute Gasteiger partial charge is 0.598 e. The summed E-state index contributed by atoms with van der Waals surface area (Å²) >= 11 is 6.96. The number of anilines is 2. The normalized spacial score (nSPS) is 20.6. The summed E-state index contributed by atoms with van der Waals surface area (Å²) in [5.41, 5.74) is 1.47. The topological polar surface area (TPSA) is 122 Å². The number of nitrogens with one attached hydrogen (secondary N) is 1. The first kappa shape index (κ1) is 26.7. The average Bonchev–Trinajstić information content (AvgIpc) is 3.46. The van der Waals surface area contributed by atoms with E-state index in [9.17, 15) is 14.5 Å². The molecule has 5 rings (SSSR count). The molecule has 0 bridgehead atoms. The highest BCUT2D eigenvalue weighted by Gasteiger charge is 2.51. The second-order valence-electron chi connectivity index (χ2n) is 10.6. The smallest absolute Gasteiger partial charge is 0.355 e. The van der Waals surface area contributed by atoms with Gasteiger partial charge < -0.3 is 19.5 Å². The van der Waals surface area contributed by atoms with Crippen molar-refractivity contribution in [3.05, 3.63) is 45.1 Å². The van der Waals surface area contributed by atoms with Gasteiger partial charge in [0.15, 0.2) is 11.3 Å². The van der Waals surface area contributed by atoms with Gasteiger partial charge in [-0.1, -0.05) is 11.6 Å². The highest BCUT2D eigenvalue weighted by atomic mass is 127. The second kappa shape index (κ2) is 10.0. The van der Waals surface area contributed by atoms with Crippen molar-refractivity contribution in [3.8, 4) is 0 Å². The first-order valence-electron chi connectivity index (χ1n) is 12.0. The molecule has 3 aromatic heterocycles. The molecule has 3 aromatic rings. The van der Waals surface area contributed by atoms with E-state index in [-0.39, 0.29) is 21.9 Å². The van der Waals surface area contributed by atoms with Crippen LogP contribution in [-0.2, 0) is 11.4 Å². The molecule has 2 aliphatic heterocycles. The third-order valence-electron chi connectivity index (χ3n) is 7.25. The molecule has 2 aliphatic rings. The fraction of sp³-hybridized carbons (Fsp3) is 0.500. The van der Waals surface area contributed by atoms with Gasteiger partial charge in [0.2, 0.25) is 5.95 Å². The summed E-state index contributed by atoms with van der Waals surface area (Å²) in [6, 6.07) is 3.83. The number of pyridine rings is 1. The maximum absolute atomic E-state index is 13.1. The van der Waals surface area contributed by atoms with Crippen LogP contribution in [0.4, 0.5) is 11.6 Å². The standard InChI is InChI=1S/C24H29ClIN7O3S/c1-23(2,3)37(36)30-16-13-32(15-4-7-27-17(25)12-15)14-24(16)5-9-31(10-6-24)22-29-19(21(34)35)18(26)20-28-8-11-33(20)22/h4,7-8,11-12,16,30H,5-6,9-10,13-14H2,1-3H3,(H,34,35)/t16?,37-/m1/s1. The zero-order valence-corrected chi connectivity index (χ0v) is 24.5. The summed E-state index contributed by atoms with van der Waals surface area (Å²) in [7, 11) is 0. The Morgan fingerprint density at radius 2 is 2.00 bits per heavy atom. The molecule has 2 N–H and O–H groups in total. The summed E-state index contributed by atoms with van der Waals surface area (Å²) in [6.45, 7) is 8.79. The number of aromatic nitrogens is 4. The molecule has 1 spiro atoms. The van der Waals surface area contributed by atoms with E-state index in [1.54, 1.807) is 12.4 Å². The summed E-state index contributed by atoms with van der Waals surface area (Å²) in [4.78, 5) is 29.3. The Balaban J connectivity index is 1.43. The Hall–Kier alpha value is -1.87. The average molecular weight is 658 g/mol. The van der Waals surface area contributed by atoms with Gasteiger partial charge in [-0.25, -0.2) is 19.7 Å². The van der Waals surface area contributed by atoms with Gasteiger partial charge in [0.05, 0.1) is 9.61 Å². The second-order valence-corrected chi connectivity index (χ2v) is 14.1. The number of carboxylic acids is 1. The SMILES string of the molecule is CC(C)(C)[S@@+]([O-])NC1CN(c2ccnc(Cl)c2)CC12CCN(c1nc(C(=O)O)c(I)c3nccn13)CC2. The lowest BCUT2D eigenvalue weighted by atomic mass is 9.75. The van der Waals surface area contributed by atoms with Crippen LogP contribution in [0.5, 0.6) is 0 Å². The van der Waals surface area contributed by atoms with Gasteiger partial charge >= 0.3 is 5.97 Å². The van der Waals surface area contributed by atoms with E-state index in [0.29, 0.717) is 40.0 Å². The fourth-order valence-electron chi connectivity index (χ4n) is 5.18. The van der Waals surface area contributed by atoms with Gasteiger partial charge in [0.1, 0.15) is 9.90 Å². The molecule has 0 aliphatic carbocycles. The number of rotatable bonds is 5. The van der Waals surface area contributed by atoms with E-state index < -0.39 is 17.3 Å². The van der Waals surface area contributed by atoms with Crippen LogP contribution >= 0.6 is 34.2 Å². The minimum absolute atomic E-state index is 0.00849. The highest BCUT2D eigenvalue weighted by molar-refractivity contribution is 14.1. The van der Waals surface area contributed by atoms with Crippen LogP contribution in [0, 0.1) is 8.99 Å². The van der Waals surface area contributed by atoms with Crippen molar-refractivity contribution in [2.45, 2.75) is 44.4 Å². The highest BCUT2D eigenvalue weighted by Crippen LogP contribution is 2.44. The lowest BCUT2D eigenvalue weighted by Gasteiger charge is -2.43. The Labute approximate surface area is 237 Å². The molecule has 0 aromatic carbocycles. The molecule has 0 amide bonds. The number of aromatic carboxylic acids is 1. The van der Waals surface area contributed by atoms with Crippen LogP contribution in [-0.4, -0.2) is 71.9 Å². The zero-order chi connectivity index (χ0) is 26.5. The molecule has 2 atom stereocenters. The maximum atomic E-state index is 13.1. The van der Waals surface area contributed by atoms with Crippen molar-refractivity contribution in [1.29, 1.82) is 0 Å². The number of halogens is 2. The number of imidazole rings is 1. The van der Waals surface area contributed by atoms with E-state index in [2.05, 4.69) is 29.5 Å². The Morgan fingerprint density at radius 1 is 1.27 bits per heavy atom. The van der Waals surface area contributed by atoms with Crippen molar-refractivity contribution >= 4 is 68.8 Å². The van der Waals surface area contributed by atoms with E-state index in [1.807, 2.05) is 66.1 Å². The van der Waals surface area contributed by atoms with Crippen molar-refractivity contribution in [3.63, 3.8) is 0 Å². The van der Waals surface area contributed by atoms with E-state index in [0.717, 1.165) is 25.1 Å². The molecule has 2 saturated heterocycles. The first-order chi connectivity index (χ1) is 17.5. The number of carbonyl (C=O) groups is 1. The molecule has 2 fully saturated rings. The lowest BCUT2D eigenvalue weighted by molar-refractivity contribution is 0.0689. The van der Waals surface area contributed by atoms with Crippen LogP contribution in [0.1, 0.15) is 44.1 Å². The van der Waals surface area contributed by atoms with E-state index in [1.165, 1.54) is 0 Å². The summed E-state index contributed by atoms with van der Waals surface area (Å²) < 4.78 is 18.6. The minimum Gasteiger partial charge on any atom is -0.598 e. The molecule has 198 valence electrons. The lowest BCUT2D eigenvalue weighted by Crippen LogP contribution is -2.55. The predicted molar refractivity (Wildman–Crippen MR) is 153 cm³/mol. The number of carboxylic acid groups (broad SMARTS) is 1. The molecule has 5 heterocycles. The van der Waals surface area contributed by atoms with Gasteiger partial charge in [-0.3, -0.25) is 4.40 Å². The number of piperidine rings is 1. The monoisotopic (exact) mass is 657 g/mol. The summed E-state index contributed by atoms with van der Waals surface area (Å²) in [6.07, 6.45) is 6.84. The summed E-state index contributed by atoms with van der Waals surface area (Å²) in [5.74, 6) is -0.486. The van der Waals surface area contributed by atoms with Crippen LogP contribution in [0.3, 0.4) is 0 Å². The van der Waals surface area contributed by atoms with Gasteiger partial charge in [-0.15, -0.1) is 4.72 Å². The third-order valence-corrected chi connectivity index (χ3v) is 10.1. The Kier molecular flexibility index (Phi) is 7.24. The van der Waals surface area contributed by atoms with Gasteiger partial charge in [0, 0.05) is 67.2 Å². The fourth-order valence-corrected chi connectivity index (χ4v) is 7.04. The van der Waals surface area contributed by atoms with Gasteiger partial charge in [0.25, 0.3) is 0 Å². The van der Waals surface area contributed by atoms with Crippen molar-refractivity contribution in [2.24, 2.45) is 5.41 Å². The minimum atomic E-state index is -1.22. The molecule has 0 saturated carbocycles. The number of hydrogen-bond acceptors (Lipinski definition) is 8. The molecule has 10 nitrogen and oxygen atoms in total. The zero-order valence-electron chi connectivity index (χ0n) is 20.8. The Bertz CT molecular complexity index is 1330. The van der Waals surface area contributed by atoms with Crippen LogP contribution in [0.25, 0.3) is 5.65 Å². The van der Waals surface area contributed by atoms with E-state index >= 15 is 0 Å². The molecular formula is C24H29ClIN7O3S. The van der Waals surface area contributed by atoms with Crippen LogP contribution in [0.15, 0.2) is 30.7 Å². The van der Waals surface area contributed by atoms with E-state index in [4.69, 9.17) is 11.6 Å². The van der Waals surface area contributed by atoms with Crippen LogP contribution in [0.2, 0.25) is 5.15 Å². The van der Waals surface area contributed by atoms with Gasteiger partial charge in [-0.2, -0.15) is 0 Å². The molecule has 13 heteroatoms. The molecule has 1 unspecified atom stereocenters. The summed E-state index contributed by atoms with van der Waals surface area (Å²) in [5, 5.41) is 10.2. The Morgan fingerprint density at radius 3 is 2.65 bits per heavy atom. The number of nitrogens with zero attached hydrogens (tertiary/aromatic N) is 6. The maximum Gasteiger partial charge on any atom is 0.355 e. The third kappa shape index (κ3) is 5.10. The van der Waals surface area contributed by atoms with Crippen molar-refractivity contribution in [1.82, 2.24) is 24.1 Å². The number of hydrogen-bond donors (Lipinski definition) is 2.